The van der Waals surface area contributed by atoms with Crippen molar-refractivity contribution >= 4 is 50.7 Å². The molecule has 4 rings (SSSR count). The van der Waals surface area contributed by atoms with Crippen molar-refractivity contribution in [2.45, 2.75) is 23.9 Å². The second-order valence-corrected chi connectivity index (χ2v) is 12.0. The van der Waals surface area contributed by atoms with E-state index >= 15 is 0 Å². The molecule has 0 aliphatic rings. The first-order valence-corrected chi connectivity index (χ1v) is 15.0. The van der Waals surface area contributed by atoms with E-state index in [1.165, 1.54) is 42.3 Å². The number of halogens is 2. The van der Waals surface area contributed by atoms with Gasteiger partial charge in [0.05, 0.1) is 15.6 Å². The summed E-state index contributed by atoms with van der Waals surface area (Å²) in [4.78, 5) is 28.9. The summed E-state index contributed by atoms with van der Waals surface area (Å²) in [6.45, 7) is -0.522. The normalized spacial score (nSPS) is 11.9. The van der Waals surface area contributed by atoms with Gasteiger partial charge in [0, 0.05) is 25.0 Å². The summed E-state index contributed by atoms with van der Waals surface area (Å²) in [6, 6.07) is 29.8. The number of hydrogen-bond donors (Lipinski definition) is 1. The van der Waals surface area contributed by atoms with E-state index in [1.807, 2.05) is 60.7 Å². The van der Waals surface area contributed by atoms with Crippen molar-refractivity contribution in [3.8, 4) is 0 Å². The fourth-order valence-electron chi connectivity index (χ4n) is 4.42. The first kappa shape index (κ1) is 30.1. The van der Waals surface area contributed by atoms with Crippen LogP contribution in [0.15, 0.2) is 114 Å². The van der Waals surface area contributed by atoms with Crippen LogP contribution in [-0.4, -0.2) is 44.8 Å². The fraction of sp³-hybridized carbons (Fsp3) is 0.161. The maximum atomic E-state index is 14.2. The van der Waals surface area contributed by atoms with Gasteiger partial charge in [-0.3, -0.25) is 13.9 Å². The van der Waals surface area contributed by atoms with Gasteiger partial charge in [-0.05, 0) is 41.5 Å². The Kier molecular flexibility index (Phi) is 10.0. The van der Waals surface area contributed by atoms with E-state index in [9.17, 15) is 18.0 Å². The highest BCUT2D eigenvalue weighted by Gasteiger charge is 2.35. The van der Waals surface area contributed by atoms with Crippen LogP contribution in [0, 0.1) is 0 Å². The second-order valence-electron chi connectivity index (χ2n) is 9.25. The Labute approximate surface area is 250 Å². The molecular weight excluding hydrogens is 581 g/mol. The number of nitrogens with zero attached hydrogens (tertiary/aromatic N) is 2. The quantitative estimate of drug-likeness (QED) is 0.241. The Balaban J connectivity index is 1.79. The molecule has 0 fully saturated rings. The first-order valence-electron chi connectivity index (χ1n) is 12.8. The van der Waals surface area contributed by atoms with Crippen molar-refractivity contribution in [2.24, 2.45) is 0 Å². The minimum Gasteiger partial charge on any atom is -0.357 e. The zero-order chi connectivity index (χ0) is 29.4. The lowest BCUT2D eigenvalue weighted by Gasteiger charge is -2.33. The van der Waals surface area contributed by atoms with Gasteiger partial charge in [0.2, 0.25) is 11.8 Å². The van der Waals surface area contributed by atoms with Crippen molar-refractivity contribution in [1.29, 1.82) is 0 Å². The molecule has 212 valence electrons. The van der Waals surface area contributed by atoms with Gasteiger partial charge >= 0.3 is 0 Å². The van der Waals surface area contributed by atoms with E-state index < -0.39 is 28.5 Å². The monoisotopic (exact) mass is 609 g/mol. The molecule has 1 atom stereocenters. The van der Waals surface area contributed by atoms with Crippen molar-refractivity contribution in [2.75, 3.05) is 17.9 Å². The Hall–Kier alpha value is -3.85. The molecule has 0 radical (unpaired) electrons. The number of carbonyl (C=O) groups is 2. The topological polar surface area (TPSA) is 86.8 Å². The number of benzene rings is 4. The van der Waals surface area contributed by atoms with Crippen LogP contribution in [0.4, 0.5) is 5.69 Å². The Morgan fingerprint density at radius 3 is 1.93 bits per heavy atom. The Bertz CT molecular complexity index is 1590. The minimum absolute atomic E-state index is 0.0134. The molecule has 0 aliphatic carbocycles. The van der Waals surface area contributed by atoms with E-state index in [0.29, 0.717) is 5.02 Å². The summed E-state index contributed by atoms with van der Waals surface area (Å²) in [7, 11) is -2.74. The maximum Gasteiger partial charge on any atom is 0.264 e. The molecule has 7 nitrogen and oxygen atoms in total. The molecule has 1 unspecified atom stereocenters. The Morgan fingerprint density at radius 1 is 0.805 bits per heavy atom. The summed E-state index contributed by atoms with van der Waals surface area (Å²) < 4.78 is 28.8. The van der Waals surface area contributed by atoms with Crippen molar-refractivity contribution in [3.63, 3.8) is 0 Å². The van der Waals surface area contributed by atoms with Crippen LogP contribution < -0.4 is 9.62 Å². The highest BCUT2D eigenvalue weighted by atomic mass is 35.5. The third-order valence-electron chi connectivity index (χ3n) is 6.50. The summed E-state index contributed by atoms with van der Waals surface area (Å²) in [5.74, 6) is -0.955. The molecule has 1 N–H and O–H groups in total. The van der Waals surface area contributed by atoms with Gasteiger partial charge in [-0.1, -0.05) is 102 Å². The lowest BCUT2D eigenvalue weighted by atomic mass is 10.0. The van der Waals surface area contributed by atoms with Gasteiger partial charge in [-0.2, -0.15) is 0 Å². The number of likely N-dealkylation sites (N-methyl/N-ethyl adjacent to an activating group) is 1. The van der Waals surface area contributed by atoms with Crippen LogP contribution in [0.5, 0.6) is 0 Å². The molecule has 2 amide bonds. The number of sulfonamides is 1. The van der Waals surface area contributed by atoms with E-state index in [1.54, 1.807) is 18.2 Å². The van der Waals surface area contributed by atoms with E-state index in [-0.39, 0.29) is 34.5 Å². The van der Waals surface area contributed by atoms with E-state index in [2.05, 4.69) is 5.32 Å². The number of nitrogens with one attached hydrogen (secondary N) is 1. The number of anilines is 1. The van der Waals surface area contributed by atoms with Crippen molar-refractivity contribution in [1.82, 2.24) is 10.2 Å². The number of hydrogen-bond acceptors (Lipinski definition) is 4. The van der Waals surface area contributed by atoms with Gasteiger partial charge in [-0.25, -0.2) is 8.42 Å². The third kappa shape index (κ3) is 7.47. The molecular formula is C31H29Cl2N3O4S. The summed E-state index contributed by atoms with van der Waals surface area (Å²) in [6.07, 6.45) is 0.228. The van der Waals surface area contributed by atoms with Crippen molar-refractivity contribution < 1.29 is 18.0 Å². The van der Waals surface area contributed by atoms with Gasteiger partial charge in [0.1, 0.15) is 12.6 Å². The van der Waals surface area contributed by atoms with Gasteiger partial charge < -0.3 is 10.2 Å². The molecule has 0 bridgehead atoms. The largest absolute Gasteiger partial charge is 0.357 e. The van der Waals surface area contributed by atoms with Crippen LogP contribution in [0.2, 0.25) is 10.0 Å². The lowest BCUT2D eigenvalue weighted by Crippen LogP contribution is -2.53. The summed E-state index contributed by atoms with van der Waals surface area (Å²) >= 11 is 12.6. The molecule has 0 aromatic heterocycles. The van der Waals surface area contributed by atoms with Crippen LogP contribution in [0.25, 0.3) is 0 Å². The third-order valence-corrected chi connectivity index (χ3v) is 8.81. The van der Waals surface area contributed by atoms with Gasteiger partial charge in [0.15, 0.2) is 0 Å². The smallest absolute Gasteiger partial charge is 0.264 e. The van der Waals surface area contributed by atoms with Crippen LogP contribution in [0.1, 0.15) is 11.1 Å². The second kappa shape index (κ2) is 13.7. The fourth-order valence-corrected chi connectivity index (χ4v) is 6.43. The standard InChI is InChI=1S/C31H29Cl2N3O4S/c1-34-31(38)29(19-23-11-5-2-6-12-23)35(21-24-13-7-3-8-14-24)30(37)22-36(28-18-17-25(32)20-27(28)33)41(39,40)26-15-9-4-10-16-26/h2-18,20,29H,19,21-22H2,1H3,(H,34,38). The highest BCUT2D eigenvalue weighted by Crippen LogP contribution is 2.33. The van der Waals surface area contributed by atoms with Crippen LogP contribution in [0.3, 0.4) is 0 Å². The molecule has 41 heavy (non-hydrogen) atoms. The van der Waals surface area contributed by atoms with E-state index in [4.69, 9.17) is 23.2 Å². The highest BCUT2D eigenvalue weighted by molar-refractivity contribution is 7.92. The lowest BCUT2D eigenvalue weighted by molar-refractivity contribution is -0.139. The SMILES string of the molecule is CNC(=O)C(Cc1ccccc1)N(Cc1ccccc1)C(=O)CN(c1ccc(Cl)cc1Cl)S(=O)(=O)c1ccccc1. The molecule has 0 heterocycles. The first-order chi connectivity index (χ1) is 19.7. The molecule has 10 heteroatoms. The van der Waals surface area contributed by atoms with E-state index in [0.717, 1.165) is 15.4 Å². The average molecular weight is 611 g/mol. The number of rotatable bonds is 11. The average Bonchev–Trinajstić information content (AvgIpc) is 2.99. The van der Waals surface area contributed by atoms with Crippen LogP contribution in [-0.2, 0) is 32.6 Å². The predicted octanol–water partition coefficient (Wildman–Crippen LogP) is 5.57. The van der Waals surface area contributed by atoms with Gasteiger partial charge in [0.25, 0.3) is 10.0 Å². The molecule has 0 saturated carbocycles. The molecule has 4 aromatic carbocycles. The number of carbonyl (C=O) groups excluding carboxylic acids is 2. The Morgan fingerprint density at radius 2 is 1.37 bits per heavy atom. The summed E-state index contributed by atoms with van der Waals surface area (Å²) in [5.41, 5.74) is 1.72. The van der Waals surface area contributed by atoms with Crippen molar-refractivity contribution in [3.05, 3.63) is 130 Å². The van der Waals surface area contributed by atoms with Gasteiger partial charge in [-0.15, -0.1) is 0 Å². The maximum absolute atomic E-state index is 14.2. The minimum atomic E-state index is -4.24. The predicted molar refractivity (Wildman–Crippen MR) is 162 cm³/mol. The molecule has 0 saturated heterocycles. The number of amides is 2. The molecule has 0 spiro atoms. The van der Waals surface area contributed by atoms with Crippen LogP contribution >= 0.6 is 23.2 Å². The molecule has 4 aromatic rings. The zero-order valence-electron chi connectivity index (χ0n) is 22.3. The summed E-state index contributed by atoms with van der Waals surface area (Å²) in [5, 5.41) is 3.04. The zero-order valence-corrected chi connectivity index (χ0v) is 24.6. The molecule has 0 aliphatic heterocycles.